The van der Waals surface area contributed by atoms with Crippen molar-refractivity contribution in [2.24, 2.45) is 5.92 Å². The van der Waals surface area contributed by atoms with Crippen LogP contribution in [0.3, 0.4) is 0 Å². The third kappa shape index (κ3) is 11.3. The lowest BCUT2D eigenvalue weighted by molar-refractivity contribution is -0.141. The molecule has 0 spiro atoms. The number of hydrogen-bond donors (Lipinski definition) is 0. The molecule has 222 valence electrons. The molecule has 1 aromatic carbocycles. The molecule has 2 aromatic rings. The van der Waals surface area contributed by atoms with Gasteiger partial charge in [-0.1, -0.05) is 91.0 Å². The van der Waals surface area contributed by atoms with Crippen LogP contribution in [-0.4, -0.2) is 41.5 Å². The maximum absolute atomic E-state index is 13.6. The van der Waals surface area contributed by atoms with Crippen molar-refractivity contribution in [1.82, 2.24) is 9.80 Å². The summed E-state index contributed by atoms with van der Waals surface area (Å²) >= 11 is 0. The molecule has 7 nitrogen and oxygen atoms in total. The predicted octanol–water partition coefficient (Wildman–Crippen LogP) is 7.72. The summed E-state index contributed by atoms with van der Waals surface area (Å²) in [5.74, 6) is 2.36. The molecule has 2 heterocycles. The van der Waals surface area contributed by atoms with Crippen molar-refractivity contribution < 1.29 is 23.5 Å². The summed E-state index contributed by atoms with van der Waals surface area (Å²) in [6, 6.07) is 9.41. The highest BCUT2D eigenvalue weighted by atomic mass is 16.7. The molecule has 3 rings (SSSR count). The van der Waals surface area contributed by atoms with Crippen LogP contribution in [0.4, 0.5) is 0 Å². The van der Waals surface area contributed by atoms with Gasteiger partial charge in [-0.25, -0.2) is 0 Å². The average Bonchev–Trinajstić information content (AvgIpc) is 3.62. The molecular formula is C33H50N2O5. The van der Waals surface area contributed by atoms with Gasteiger partial charge in [-0.15, -0.1) is 0 Å². The minimum atomic E-state index is -0.0954. The number of nitrogens with zero attached hydrogens (tertiary/aromatic N) is 2. The van der Waals surface area contributed by atoms with Crippen LogP contribution in [0.25, 0.3) is 0 Å². The summed E-state index contributed by atoms with van der Waals surface area (Å²) in [6.07, 6.45) is 15.8. The first-order chi connectivity index (χ1) is 19.5. The van der Waals surface area contributed by atoms with Crippen LogP contribution in [0, 0.1) is 5.92 Å². The second kappa shape index (κ2) is 17.7. The van der Waals surface area contributed by atoms with Gasteiger partial charge < -0.3 is 23.7 Å². The zero-order valence-electron chi connectivity index (χ0n) is 25.0. The van der Waals surface area contributed by atoms with E-state index in [9.17, 15) is 9.59 Å². The molecule has 0 aliphatic carbocycles. The average molecular weight is 555 g/mol. The van der Waals surface area contributed by atoms with E-state index in [0.717, 1.165) is 18.4 Å². The van der Waals surface area contributed by atoms with Crippen molar-refractivity contribution >= 4 is 11.8 Å². The summed E-state index contributed by atoms with van der Waals surface area (Å²) in [5.41, 5.74) is 0.937. The maximum atomic E-state index is 13.6. The zero-order chi connectivity index (χ0) is 28.6. The fourth-order valence-corrected chi connectivity index (χ4v) is 5.14. The molecule has 0 atom stereocenters. The molecule has 40 heavy (non-hydrogen) atoms. The van der Waals surface area contributed by atoms with E-state index in [2.05, 4.69) is 20.8 Å². The van der Waals surface area contributed by atoms with Gasteiger partial charge in [0.2, 0.25) is 18.6 Å². The van der Waals surface area contributed by atoms with Gasteiger partial charge in [0, 0.05) is 19.5 Å². The Labute approximate surface area is 241 Å². The molecule has 1 aliphatic rings. The second-order valence-corrected chi connectivity index (χ2v) is 11.5. The van der Waals surface area contributed by atoms with Crippen LogP contribution in [0.15, 0.2) is 41.0 Å². The standard InChI is InChI=1S/C33H50N2O5/c1-4-5-6-7-8-9-10-11-12-13-14-17-32(36)34(22-27(2)3)25-33(37)35(24-29-16-15-20-38-29)23-28-18-19-30-31(21-28)40-26-39-30/h15-16,18-21,27H,4-14,17,22-26H2,1-3H3. The lowest BCUT2D eigenvalue weighted by Gasteiger charge is -2.28. The molecule has 0 N–H and O–H groups in total. The number of amides is 2. The summed E-state index contributed by atoms with van der Waals surface area (Å²) in [5, 5.41) is 0. The molecule has 0 radical (unpaired) electrons. The Balaban J connectivity index is 1.49. The molecule has 0 fully saturated rings. The number of fused-ring (bicyclic) bond motifs is 1. The van der Waals surface area contributed by atoms with Crippen LogP contribution >= 0.6 is 0 Å². The minimum absolute atomic E-state index is 0.0685. The van der Waals surface area contributed by atoms with Crippen molar-refractivity contribution in [2.45, 2.75) is 111 Å². The summed E-state index contributed by atoms with van der Waals surface area (Å²) in [7, 11) is 0. The fraction of sp³-hybridized carbons (Fsp3) is 0.636. The molecular weight excluding hydrogens is 504 g/mol. The van der Waals surface area contributed by atoms with Crippen molar-refractivity contribution in [3.05, 3.63) is 47.9 Å². The van der Waals surface area contributed by atoms with Crippen LogP contribution < -0.4 is 9.47 Å². The normalized spacial score (nSPS) is 12.2. The summed E-state index contributed by atoms with van der Waals surface area (Å²) in [4.78, 5) is 30.3. The first-order valence-corrected chi connectivity index (χ1v) is 15.4. The van der Waals surface area contributed by atoms with Crippen LogP contribution in [0.1, 0.15) is 109 Å². The third-order valence-corrected chi connectivity index (χ3v) is 7.35. The first-order valence-electron chi connectivity index (χ1n) is 15.4. The molecule has 1 aromatic heterocycles. The van der Waals surface area contributed by atoms with Gasteiger partial charge in [-0.3, -0.25) is 9.59 Å². The number of carbonyl (C=O) groups excluding carboxylic acids is 2. The van der Waals surface area contributed by atoms with Crippen LogP contribution in [0.2, 0.25) is 0 Å². The Morgan fingerprint density at radius 1 is 0.800 bits per heavy atom. The number of unbranched alkanes of at least 4 members (excludes halogenated alkanes) is 10. The molecule has 0 saturated carbocycles. The minimum Gasteiger partial charge on any atom is -0.467 e. The van der Waals surface area contributed by atoms with Crippen LogP contribution in [0.5, 0.6) is 11.5 Å². The second-order valence-electron chi connectivity index (χ2n) is 11.5. The number of benzene rings is 1. The fourth-order valence-electron chi connectivity index (χ4n) is 5.14. The van der Waals surface area contributed by atoms with Crippen molar-refractivity contribution in [2.75, 3.05) is 19.9 Å². The van der Waals surface area contributed by atoms with Gasteiger partial charge in [0.15, 0.2) is 11.5 Å². The summed E-state index contributed by atoms with van der Waals surface area (Å²) < 4.78 is 16.5. The molecule has 0 saturated heterocycles. The van der Waals surface area contributed by atoms with E-state index in [1.807, 2.05) is 30.3 Å². The lowest BCUT2D eigenvalue weighted by atomic mass is 10.0. The zero-order valence-corrected chi connectivity index (χ0v) is 25.0. The Morgan fingerprint density at radius 2 is 1.48 bits per heavy atom. The van der Waals surface area contributed by atoms with Gasteiger partial charge in [0.1, 0.15) is 5.76 Å². The van der Waals surface area contributed by atoms with E-state index in [4.69, 9.17) is 13.9 Å². The van der Waals surface area contributed by atoms with Crippen molar-refractivity contribution in [3.63, 3.8) is 0 Å². The maximum Gasteiger partial charge on any atom is 0.242 e. The summed E-state index contributed by atoms with van der Waals surface area (Å²) in [6.45, 7) is 7.99. The Bertz CT molecular complexity index is 1000. The lowest BCUT2D eigenvalue weighted by Crippen LogP contribution is -2.43. The monoisotopic (exact) mass is 554 g/mol. The molecule has 7 heteroatoms. The van der Waals surface area contributed by atoms with Crippen molar-refractivity contribution in [1.29, 1.82) is 0 Å². The Hall–Kier alpha value is -2.96. The Kier molecular flexibility index (Phi) is 13.9. The van der Waals surface area contributed by atoms with E-state index in [1.54, 1.807) is 16.1 Å². The number of ether oxygens (including phenoxy) is 2. The highest BCUT2D eigenvalue weighted by Gasteiger charge is 2.24. The van der Waals surface area contributed by atoms with E-state index >= 15 is 0 Å². The number of hydrogen-bond acceptors (Lipinski definition) is 5. The predicted molar refractivity (Wildman–Crippen MR) is 158 cm³/mol. The SMILES string of the molecule is CCCCCCCCCCCCCC(=O)N(CC(=O)N(Cc1ccc2c(c1)OCO2)Cc1ccco1)CC(C)C. The Morgan fingerprint density at radius 3 is 2.12 bits per heavy atom. The number of furan rings is 1. The van der Waals surface area contributed by atoms with Gasteiger partial charge in [0.05, 0.1) is 19.4 Å². The van der Waals surface area contributed by atoms with Gasteiger partial charge in [-0.05, 0) is 42.2 Å². The van der Waals surface area contributed by atoms with E-state index in [-0.39, 0.29) is 31.1 Å². The van der Waals surface area contributed by atoms with E-state index in [1.165, 1.54) is 57.8 Å². The molecule has 0 bridgehead atoms. The first kappa shape index (κ1) is 31.6. The molecule has 2 amide bonds. The van der Waals surface area contributed by atoms with Gasteiger partial charge >= 0.3 is 0 Å². The largest absolute Gasteiger partial charge is 0.467 e. The van der Waals surface area contributed by atoms with Crippen LogP contribution in [-0.2, 0) is 22.7 Å². The van der Waals surface area contributed by atoms with Gasteiger partial charge in [-0.2, -0.15) is 0 Å². The third-order valence-electron chi connectivity index (χ3n) is 7.35. The smallest absolute Gasteiger partial charge is 0.242 e. The van der Waals surface area contributed by atoms with Crippen molar-refractivity contribution in [3.8, 4) is 11.5 Å². The highest BCUT2D eigenvalue weighted by Crippen LogP contribution is 2.33. The quantitative estimate of drug-likeness (QED) is 0.157. The topological polar surface area (TPSA) is 72.2 Å². The van der Waals surface area contributed by atoms with Gasteiger partial charge in [0.25, 0.3) is 0 Å². The molecule has 1 aliphatic heterocycles. The molecule has 0 unspecified atom stereocenters. The number of carbonyl (C=O) groups is 2. The highest BCUT2D eigenvalue weighted by molar-refractivity contribution is 5.84. The van der Waals surface area contributed by atoms with E-state index < -0.39 is 0 Å². The van der Waals surface area contributed by atoms with E-state index in [0.29, 0.717) is 43.3 Å². The number of rotatable bonds is 20.